The molecular formula is C24H28FN5. The Balaban J connectivity index is 1.37. The first kappa shape index (κ1) is 20.0. The molecule has 1 aromatic heterocycles. The van der Waals surface area contributed by atoms with Gasteiger partial charge in [-0.2, -0.15) is 0 Å². The van der Waals surface area contributed by atoms with Gasteiger partial charge in [-0.15, -0.1) is 0 Å². The Bertz CT molecular complexity index is 1040. The number of aliphatic imine (C=N–C) groups is 1. The second kappa shape index (κ2) is 9.48. The summed E-state index contributed by atoms with van der Waals surface area (Å²) >= 11 is 0. The number of aromatic amines is 1. The van der Waals surface area contributed by atoms with E-state index in [9.17, 15) is 4.39 Å². The van der Waals surface area contributed by atoms with Crippen LogP contribution in [-0.4, -0.2) is 37.1 Å². The number of fused-ring (bicyclic) bond motifs is 1. The third-order valence-electron chi connectivity index (χ3n) is 5.27. The molecule has 1 aliphatic rings. The molecule has 0 radical (unpaired) electrons. The molecular weight excluding hydrogens is 377 g/mol. The Morgan fingerprint density at radius 3 is 2.83 bits per heavy atom. The number of H-pyrrole nitrogens is 1. The number of benzene rings is 2. The predicted molar refractivity (Wildman–Crippen MR) is 123 cm³/mol. The molecule has 6 heteroatoms. The maximum absolute atomic E-state index is 13.6. The van der Waals surface area contributed by atoms with Crippen LogP contribution in [0.5, 0.6) is 0 Å². The molecule has 156 valence electrons. The molecule has 4 rings (SSSR count). The SMILES string of the molecule is CCNC(=NCc1cccc(N2CC=CC2)c1)NCCc1c[nH]c2ccc(F)cc12. The van der Waals surface area contributed by atoms with Gasteiger partial charge in [0.25, 0.3) is 0 Å². The van der Waals surface area contributed by atoms with Gasteiger partial charge in [0.05, 0.1) is 6.54 Å². The average molecular weight is 406 g/mol. The average Bonchev–Trinajstić information content (AvgIpc) is 3.43. The molecule has 2 aromatic carbocycles. The summed E-state index contributed by atoms with van der Waals surface area (Å²) in [5.41, 5.74) is 4.47. The quantitative estimate of drug-likeness (QED) is 0.317. The molecule has 0 atom stereocenters. The van der Waals surface area contributed by atoms with Crippen molar-refractivity contribution in [2.24, 2.45) is 4.99 Å². The largest absolute Gasteiger partial charge is 0.364 e. The van der Waals surface area contributed by atoms with Crippen molar-refractivity contribution in [1.82, 2.24) is 15.6 Å². The van der Waals surface area contributed by atoms with E-state index in [0.29, 0.717) is 6.54 Å². The van der Waals surface area contributed by atoms with E-state index in [0.717, 1.165) is 55.0 Å². The summed E-state index contributed by atoms with van der Waals surface area (Å²) in [4.78, 5) is 10.3. The summed E-state index contributed by atoms with van der Waals surface area (Å²) in [5, 5.41) is 7.63. The molecule has 0 bridgehead atoms. The Kier molecular flexibility index (Phi) is 6.32. The molecule has 0 saturated carbocycles. The van der Waals surface area contributed by atoms with Crippen molar-refractivity contribution in [3.63, 3.8) is 0 Å². The van der Waals surface area contributed by atoms with Gasteiger partial charge in [0, 0.05) is 49.0 Å². The molecule has 2 heterocycles. The minimum Gasteiger partial charge on any atom is -0.364 e. The van der Waals surface area contributed by atoms with Crippen LogP contribution in [0.3, 0.4) is 0 Å². The topological polar surface area (TPSA) is 55.5 Å². The van der Waals surface area contributed by atoms with Crippen molar-refractivity contribution in [3.05, 3.63) is 77.8 Å². The number of halogens is 1. The van der Waals surface area contributed by atoms with Crippen LogP contribution in [0, 0.1) is 5.82 Å². The molecule has 3 N–H and O–H groups in total. The minimum atomic E-state index is -0.210. The van der Waals surface area contributed by atoms with Crippen LogP contribution in [0.4, 0.5) is 10.1 Å². The van der Waals surface area contributed by atoms with Crippen LogP contribution in [0.2, 0.25) is 0 Å². The summed E-state index contributed by atoms with van der Waals surface area (Å²) in [6.45, 7) is 6.12. The van der Waals surface area contributed by atoms with E-state index in [1.54, 1.807) is 12.1 Å². The summed E-state index contributed by atoms with van der Waals surface area (Å²) < 4.78 is 13.6. The smallest absolute Gasteiger partial charge is 0.191 e. The number of hydrogen-bond donors (Lipinski definition) is 3. The number of rotatable bonds is 7. The molecule has 0 spiro atoms. The summed E-state index contributed by atoms with van der Waals surface area (Å²) in [6, 6.07) is 13.4. The number of anilines is 1. The Hall–Kier alpha value is -3.28. The number of hydrogen-bond acceptors (Lipinski definition) is 2. The molecule has 3 aromatic rings. The zero-order valence-electron chi connectivity index (χ0n) is 17.3. The van der Waals surface area contributed by atoms with E-state index in [1.807, 2.05) is 6.20 Å². The highest BCUT2D eigenvalue weighted by atomic mass is 19.1. The standard InChI is InChI=1S/C24H28FN5/c1-2-26-24(27-11-10-19-17-28-23-9-8-20(25)15-22(19)23)29-16-18-6-5-7-21(14-18)30-12-3-4-13-30/h3-9,14-15,17,28H,2,10-13,16H2,1H3,(H2,26,27,29). The molecule has 0 fully saturated rings. The van der Waals surface area contributed by atoms with E-state index in [2.05, 4.69) is 63.9 Å². The van der Waals surface area contributed by atoms with E-state index in [1.165, 1.54) is 17.3 Å². The van der Waals surface area contributed by atoms with Gasteiger partial charge in [0.2, 0.25) is 0 Å². The summed E-state index contributed by atoms with van der Waals surface area (Å²) in [6.07, 6.45) is 7.13. The molecule has 1 aliphatic heterocycles. The Morgan fingerprint density at radius 2 is 2.00 bits per heavy atom. The lowest BCUT2D eigenvalue weighted by Crippen LogP contribution is -2.38. The second-order valence-corrected chi connectivity index (χ2v) is 7.42. The van der Waals surface area contributed by atoms with Crippen LogP contribution < -0.4 is 15.5 Å². The molecule has 0 saturated heterocycles. The fourth-order valence-electron chi connectivity index (χ4n) is 3.73. The lowest BCUT2D eigenvalue weighted by atomic mass is 10.1. The third-order valence-corrected chi connectivity index (χ3v) is 5.27. The number of guanidine groups is 1. The third kappa shape index (κ3) is 4.82. The van der Waals surface area contributed by atoms with Crippen LogP contribution in [0.1, 0.15) is 18.1 Å². The monoisotopic (exact) mass is 405 g/mol. The van der Waals surface area contributed by atoms with E-state index < -0.39 is 0 Å². The highest BCUT2D eigenvalue weighted by Crippen LogP contribution is 2.20. The van der Waals surface area contributed by atoms with E-state index >= 15 is 0 Å². The molecule has 30 heavy (non-hydrogen) atoms. The first-order valence-corrected chi connectivity index (χ1v) is 10.5. The summed E-state index contributed by atoms with van der Waals surface area (Å²) in [5.74, 6) is 0.579. The summed E-state index contributed by atoms with van der Waals surface area (Å²) in [7, 11) is 0. The Labute approximate surface area is 176 Å². The number of aromatic nitrogens is 1. The van der Waals surface area contributed by atoms with Crippen molar-refractivity contribution < 1.29 is 4.39 Å². The molecule has 0 aliphatic carbocycles. The highest BCUT2D eigenvalue weighted by Gasteiger charge is 2.08. The van der Waals surface area contributed by atoms with E-state index in [4.69, 9.17) is 4.99 Å². The van der Waals surface area contributed by atoms with Gasteiger partial charge in [-0.3, -0.25) is 0 Å². The van der Waals surface area contributed by atoms with Gasteiger partial charge in [0.1, 0.15) is 5.82 Å². The highest BCUT2D eigenvalue weighted by molar-refractivity contribution is 5.83. The Morgan fingerprint density at radius 1 is 1.13 bits per heavy atom. The van der Waals surface area contributed by atoms with Crippen molar-refractivity contribution in [3.8, 4) is 0 Å². The van der Waals surface area contributed by atoms with Gasteiger partial charge in [0.15, 0.2) is 5.96 Å². The van der Waals surface area contributed by atoms with Crippen LogP contribution in [-0.2, 0) is 13.0 Å². The molecule has 0 amide bonds. The van der Waals surface area contributed by atoms with Crippen LogP contribution in [0.15, 0.2) is 65.8 Å². The second-order valence-electron chi connectivity index (χ2n) is 7.42. The molecule has 5 nitrogen and oxygen atoms in total. The number of nitrogens with one attached hydrogen (secondary N) is 3. The van der Waals surface area contributed by atoms with Crippen molar-refractivity contribution in [2.75, 3.05) is 31.1 Å². The van der Waals surface area contributed by atoms with Gasteiger partial charge in [-0.25, -0.2) is 9.38 Å². The maximum Gasteiger partial charge on any atom is 0.191 e. The maximum atomic E-state index is 13.6. The van der Waals surface area contributed by atoms with Gasteiger partial charge < -0.3 is 20.5 Å². The normalized spacial score (nSPS) is 13.9. The number of nitrogens with zero attached hydrogens (tertiary/aromatic N) is 2. The van der Waals surface area contributed by atoms with Gasteiger partial charge in [-0.1, -0.05) is 24.3 Å². The predicted octanol–water partition coefficient (Wildman–Crippen LogP) is 3.98. The van der Waals surface area contributed by atoms with Gasteiger partial charge >= 0.3 is 0 Å². The lowest BCUT2D eigenvalue weighted by Gasteiger charge is -2.18. The van der Waals surface area contributed by atoms with Crippen molar-refractivity contribution in [2.45, 2.75) is 19.9 Å². The fourth-order valence-corrected chi connectivity index (χ4v) is 3.73. The van der Waals surface area contributed by atoms with Crippen LogP contribution >= 0.6 is 0 Å². The zero-order chi connectivity index (χ0) is 20.8. The zero-order valence-corrected chi connectivity index (χ0v) is 17.3. The van der Waals surface area contributed by atoms with Crippen LogP contribution in [0.25, 0.3) is 10.9 Å². The first-order chi connectivity index (χ1) is 14.7. The fraction of sp³-hybridized carbons (Fsp3) is 0.292. The van der Waals surface area contributed by atoms with Crippen molar-refractivity contribution >= 4 is 22.5 Å². The first-order valence-electron chi connectivity index (χ1n) is 10.5. The minimum absolute atomic E-state index is 0.210. The molecule has 0 unspecified atom stereocenters. The van der Waals surface area contributed by atoms with Gasteiger partial charge in [-0.05, 0) is 54.8 Å². The van der Waals surface area contributed by atoms with Crippen molar-refractivity contribution in [1.29, 1.82) is 0 Å². The van der Waals surface area contributed by atoms with E-state index in [-0.39, 0.29) is 5.82 Å². The lowest BCUT2D eigenvalue weighted by molar-refractivity contribution is 0.629.